The standard InChI is InChI=1S/C9H12N4O/c1-14-8-4-2-7(3-5-8)9(13-11)6-12-10/h2-6H,10-11H2,1H3. The molecule has 0 bridgehead atoms. The smallest absolute Gasteiger partial charge is 0.118 e. The molecule has 0 atom stereocenters. The van der Waals surface area contributed by atoms with E-state index in [-0.39, 0.29) is 0 Å². The highest BCUT2D eigenvalue weighted by Gasteiger charge is 2.00. The van der Waals surface area contributed by atoms with E-state index >= 15 is 0 Å². The van der Waals surface area contributed by atoms with E-state index in [1.165, 1.54) is 6.21 Å². The van der Waals surface area contributed by atoms with Crippen molar-refractivity contribution in [1.29, 1.82) is 0 Å². The molecule has 5 heteroatoms. The lowest BCUT2D eigenvalue weighted by Crippen LogP contribution is -2.07. The molecule has 1 rings (SSSR count). The number of nitrogens with zero attached hydrogens (tertiary/aromatic N) is 2. The highest BCUT2D eigenvalue weighted by atomic mass is 16.5. The van der Waals surface area contributed by atoms with E-state index in [0.29, 0.717) is 5.71 Å². The number of rotatable bonds is 3. The summed E-state index contributed by atoms with van der Waals surface area (Å²) in [5, 5.41) is 6.91. The third kappa shape index (κ3) is 2.22. The second-order valence-electron chi connectivity index (χ2n) is 2.52. The first-order valence-electron chi connectivity index (χ1n) is 3.97. The van der Waals surface area contributed by atoms with E-state index in [4.69, 9.17) is 16.4 Å². The van der Waals surface area contributed by atoms with Gasteiger partial charge in [-0.25, -0.2) is 0 Å². The fraction of sp³-hybridized carbons (Fsp3) is 0.111. The van der Waals surface area contributed by atoms with Crippen molar-refractivity contribution in [2.75, 3.05) is 7.11 Å². The van der Waals surface area contributed by atoms with Crippen LogP contribution >= 0.6 is 0 Å². The summed E-state index contributed by atoms with van der Waals surface area (Å²) in [6.07, 6.45) is 1.39. The lowest BCUT2D eigenvalue weighted by atomic mass is 10.1. The van der Waals surface area contributed by atoms with Crippen LogP contribution in [0, 0.1) is 0 Å². The van der Waals surface area contributed by atoms with Gasteiger partial charge in [0.25, 0.3) is 0 Å². The van der Waals surface area contributed by atoms with Crippen molar-refractivity contribution < 1.29 is 4.74 Å². The zero-order chi connectivity index (χ0) is 10.4. The first-order valence-corrected chi connectivity index (χ1v) is 3.97. The average molecular weight is 192 g/mol. The first-order chi connectivity index (χ1) is 6.81. The molecule has 0 aromatic heterocycles. The van der Waals surface area contributed by atoms with Gasteiger partial charge in [0.2, 0.25) is 0 Å². The van der Waals surface area contributed by atoms with Gasteiger partial charge in [-0.15, -0.1) is 0 Å². The summed E-state index contributed by atoms with van der Waals surface area (Å²) in [6.45, 7) is 0. The molecule has 1 aromatic rings. The van der Waals surface area contributed by atoms with Gasteiger partial charge in [-0.3, -0.25) is 0 Å². The molecular weight excluding hydrogens is 180 g/mol. The van der Waals surface area contributed by atoms with Gasteiger partial charge in [0.15, 0.2) is 0 Å². The monoisotopic (exact) mass is 192 g/mol. The van der Waals surface area contributed by atoms with Crippen molar-refractivity contribution in [2.45, 2.75) is 0 Å². The average Bonchev–Trinajstić information content (AvgIpc) is 2.26. The predicted molar refractivity (Wildman–Crippen MR) is 56.4 cm³/mol. The predicted octanol–water partition coefficient (Wildman–Crippen LogP) is 0.302. The first kappa shape index (κ1) is 10.0. The molecule has 0 aliphatic rings. The van der Waals surface area contributed by atoms with Gasteiger partial charge in [-0.2, -0.15) is 10.2 Å². The molecule has 0 unspecified atom stereocenters. The Hall–Kier alpha value is -2.04. The quantitative estimate of drug-likeness (QED) is 0.410. The summed E-state index contributed by atoms with van der Waals surface area (Å²) in [5.41, 5.74) is 1.36. The zero-order valence-corrected chi connectivity index (χ0v) is 7.84. The molecule has 0 amide bonds. The van der Waals surface area contributed by atoms with Crippen LogP contribution in [-0.2, 0) is 0 Å². The maximum atomic E-state index is 5.17. The normalized spacial score (nSPS) is 11.9. The van der Waals surface area contributed by atoms with Crippen LogP contribution in [0.5, 0.6) is 5.75 Å². The Morgan fingerprint density at radius 1 is 1.29 bits per heavy atom. The molecule has 0 saturated carbocycles. The number of ether oxygens (including phenoxy) is 1. The number of benzene rings is 1. The van der Waals surface area contributed by atoms with Crippen LogP contribution < -0.4 is 16.4 Å². The minimum Gasteiger partial charge on any atom is -0.497 e. The summed E-state index contributed by atoms with van der Waals surface area (Å²) in [5.74, 6) is 11.0. The number of methoxy groups -OCH3 is 1. The maximum Gasteiger partial charge on any atom is 0.118 e. The molecule has 0 aliphatic heterocycles. The van der Waals surface area contributed by atoms with Crippen LogP contribution in [0.25, 0.3) is 0 Å². The lowest BCUT2D eigenvalue weighted by molar-refractivity contribution is 0.415. The number of hydrogen-bond donors (Lipinski definition) is 2. The van der Waals surface area contributed by atoms with E-state index in [2.05, 4.69) is 10.2 Å². The van der Waals surface area contributed by atoms with Gasteiger partial charge in [-0.1, -0.05) is 0 Å². The Kier molecular flexibility index (Phi) is 3.49. The van der Waals surface area contributed by atoms with Crippen LogP contribution in [0.3, 0.4) is 0 Å². The number of hydrazone groups is 2. The van der Waals surface area contributed by atoms with Crippen molar-refractivity contribution >= 4 is 11.9 Å². The molecular formula is C9H12N4O. The minimum atomic E-state index is 0.523. The van der Waals surface area contributed by atoms with Crippen LogP contribution in [0.4, 0.5) is 0 Å². The van der Waals surface area contributed by atoms with Crippen molar-refractivity contribution in [3.63, 3.8) is 0 Å². The van der Waals surface area contributed by atoms with E-state index in [1.807, 2.05) is 24.3 Å². The molecule has 0 radical (unpaired) electrons. The molecule has 4 N–H and O–H groups in total. The summed E-state index contributed by atoms with van der Waals surface area (Å²) < 4.78 is 5.01. The van der Waals surface area contributed by atoms with Crippen LogP contribution in [0.15, 0.2) is 34.5 Å². The Morgan fingerprint density at radius 3 is 2.36 bits per heavy atom. The highest BCUT2D eigenvalue weighted by molar-refractivity contribution is 6.38. The molecule has 14 heavy (non-hydrogen) atoms. The van der Waals surface area contributed by atoms with Crippen molar-refractivity contribution in [1.82, 2.24) is 0 Å². The van der Waals surface area contributed by atoms with Crippen molar-refractivity contribution in [2.24, 2.45) is 21.9 Å². The molecule has 0 aliphatic carbocycles. The fourth-order valence-corrected chi connectivity index (χ4v) is 1.01. The van der Waals surface area contributed by atoms with Crippen LogP contribution in [0.1, 0.15) is 5.56 Å². The summed E-state index contributed by atoms with van der Waals surface area (Å²) in [6, 6.07) is 7.27. The van der Waals surface area contributed by atoms with Crippen molar-refractivity contribution in [3.8, 4) is 5.75 Å². The zero-order valence-electron chi connectivity index (χ0n) is 7.84. The van der Waals surface area contributed by atoms with Gasteiger partial charge in [-0.05, 0) is 24.3 Å². The molecule has 74 valence electrons. The second kappa shape index (κ2) is 4.86. The maximum absolute atomic E-state index is 5.17. The number of hydrogen-bond acceptors (Lipinski definition) is 5. The SMILES string of the molecule is COc1ccc(C(C=NN)=NN)cc1. The topological polar surface area (TPSA) is 86.0 Å². The third-order valence-corrected chi connectivity index (χ3v) is 1.72. The van der Waals surface area contributed by atoms with Crippen molar-refractivity contribution in [3.05, 3.63) is 29.8 Å². The Labute approximate surface area is 82.1 Å². The number of nitrogens with two attached hydrogens (primary N) is 2. The molecule has 1 aromatic carbocycles. The largest absolute Gasteiger partial charge is 0.497 e. The molecule has 0 fully saturated rings. The molecule has 0 spiro atoms. The van der Waals surface area contributed by atoms with Gasteiger partial charge in [0.05, 0.1) is 13.3 Å². The van der Waals surface area contributed by atoms with Gasteiger partial charge in [0.1, 0.15) is 11.5 Å². The Balaban J connectivity index is 2.96. The van der Waals surface area contributed by atoms with Crippen LogP contribution in [-0.4, -0.2) is 19.0 Å². The summed E-state index contributed by atoms with van der Waals surface area (Å²) >= 11 is 0. The third-order valence-electron chi connectivity index (χ3n) is 1.72. The highest BCUT2D eigenvalue weighted by Crippen LogP contribution is 2.11. The van der Waals surface area contributed by atoms with Gasteiger partial charge >= 0.3 is 0 Å². The summed E-state index contributed by atoms with van der Waals surface area (Å²) in [4.78, 5) is 0. The minimum absolute atomic E-state index is 0.523. The molecule has 5 nitrogen and oxygen atoms in total. The summed E-state index contributed by atoms with van der Waals surface area (Å²) in [7, 11) is 1.61. The van der Waals surface area contributed by atoms with E-state index < -0.39 is 0 Å². The van der Waals surface area contributed by atoms with Crippen LogP contribution in [0.2, 0.25) is 0 Å². The van der Waals surface area contributed by atoms with E-state index in [9.17, 15) is 0 Å². The van der Waals surface area contributed by atoms with E-state index in [0.717, 1.165) is 11.3 Å². The molecule has 0 heterocycles. The second-order valence-corrected chi connectivity index (χ2v) is 2.52. The Bertz CT molecular complexity index is 342. The fourth-order valence-electron chi connectivity index (χ4n) is 1.01. The van der Waals surface area contributed by atoms with Gasteiger partial charge < -0.3 is 16.4 Å². The van der Waals surface area contributed by atoms with E-state index in [1.54, 1.807) is 7.11 Å². The molecule has 0 saturated heterocycles. The Morgan fingerprint density at radius 2 is 1.93 bits per heavy atom. The lowest BCUT2D eigenvalue weighted by Gasteiger charge is -2.01. The van der Waals surface area contributed by atoms with Gasteiger partial charge in [0, 0.05) is 5.56 Å².